The number of rotatable bonds is 3. The van der Waals surface area contributed by atoms with Crippen LogP contribution in [0, 0.1) is 11.3 Å². The van der Waals surface area contributed by atoms with Gasteiger partial charge in [0, 0.05) is 18.8 Å². The summed E-state index contributed by atoms with van der Waals surface area (Å²) in [4.78, 5) is 13.5. The minimum Gasteiger partial charge on any atom is -0.462 e. The normalized spacial score (nSPS) is 17.0. The molecule has 15 heavy (non-hydrogen) atoms. The molecule has 0 saturated carbocycles. The molecule has 0 aliphatic carbocycles. The third kappa shape index (κ3) is 2.72. The van der Waals surface area contributed by atoms with Crippen LogP contribution >= 0.6 is 0 Å². The Morgan fingerprint density at radius 2 is 2.07 bits per heavy atom. The summed E-state index contributed by atoms with van der Waals surface area (Å²) < 4.78 is 4.83. The van der Waals surface area contributed by atoms with Crippen molar-refractivity contribution in [2.75, 3.05) is 19.7 Å². The number of nitriles is 1. The molecule has 0 atom stereocenters. The smallest absolute Gasteiger partial charge is 0.350 e. The number of carbonyl (C=O) groups is 1. The van der Waals surface area contributed by atoms with Gasteiger partial charge in [-0.3, -0.25) is 0 Å². The minimum absolute atomic E-state index is 0.138. The summed E-state index contributed by atoms with van der Waals surface area (Å²) in [5, 5.41) is 8.92. The van der Waals surface area contributed by atoms with E-state index < -0.39 is 5.97 Å². The van der Waals surface area contributed by atoms with Gasteiger partial charge in [-0.1, -0.05) is 0 Å². The van der Waals surface area contributed by atoms with Crippen molar-refractivity contribution >= 4 is 5.97 Å². The van der Waals surface area contributed by atoms with E-state index >= 15 is 0 Å². The zero-order valence-corrected chi connectivity index (χ0v) is 9.25. The number of allylic oxidation sites excluding steroid dienone is 1. The number of hydrogen-bond donors (Lipinski definition) is 0. The topological polar surface area (TPSA) is 53.3 Å². The SMILES string of the molecule is CCOC(=O)/C(C#N)=C(\C)N1CCCC1. The first-order valence-electron chi connectivity index (χ1n) is 5.23. The first-order valence-corrected chi connectivity index (χ1v) is 5.23. The number of ether oxygens (including phenoxy) is 1. The number of carbonyl (C=O) groups excluding carboxylic acids is 1. The highest BCUT2D eigenvalue weighted by molar-refractivity contribution is 5.93. The minimum atomic E-state index is -0.510. The van der Waals surface area contributed by atoms with Crippen LogP contribution in [0.2, 0.25) is 0 Å². The Hall–Kier alpha value is -1.50. The molecule has 0 unspecified atom stereocenters. The summed E-state index contributed by atoms with van der Waals surface area (Å²) in [7, 11) is 0. The van der Waals surface area contributed by atoms with Crippen molar-refractivity contribution in [1.29, 1.82) is 5.26 Å². The molecule has 1 aliphatic rings. The largest absolute Gasteiger partial charge is 0.462 e. The molecule has 4 heteroatoms. The average molecular weight is 208 g/mol. The molecule has 1 rings (SSSR count). The van der Waals surface area contributed by atoms with Gasteiger partial charge in [0.2, 0.25) is 0 Å². The number of nitrogens with zero attached hydrogens (tertiary/aromatic N) is 2. The third-order valence-electron chi connectivity index (χ3n) is 2.53. The van der Waals surface area contributed by atoms with Crippen LogP contribution in [0.3, 0.4) is 0 Å². The molecule has 1 saturated heterocycles. The second-order valence-electron chi connectivity index (χ2n) is 3.49. The van der Waals surface area contributed by atoms with E-state index in [-0.39, 0.29) is 5.57 Å². The van der Waals surface area contributed by atoms with E-state index in [2.05, 4.69) is 4.90 Å². The molecule has 4 nitrogen and oxygen atoms in total. The fourth-order valence-electron chi connectivity index (χ4n) is 1.69. The lowest BCUT2D eigenvalue weighted by Gasteiger charge is -2.18. The van der Waals surface area contributed by atoms with Crippen LogP contribution in [0.25, 0.3) is 0 Å². The second-order valence-corrected chi connectivity index (χ2v) is 3.49. The molecule has 0 spiro atoms. The summed E-state index contributed by atoms with van der Waals surface area (Å²) in [6.07, 6.45) is 2.25. The van der Waals surface area contributed by atoms with Gasteiger partial charge < -0.3 is 9.64 Å². The first-order chi connectivity index (χ1) is 7.20. The van der Waals surface area contributed by atoms with Crippen molar-refractivity contribution in [1.82, 2.24) is 4.90 Å². The van der Waals surface area contributed by atoms with Crippen molar-refractivity contribution in [3.05, 3.63) is 11.3 Å². The molecule has 0 bridgehead atoms. The first kappa shape index (κ1) is 11.6. The molecular formula is C11H16N2O2. The molecule has 0 aromatic carbocycles. The predicted octanol–water partition coefficient (Wildman–Crippen LogP) is 1.44. The van der Waals surface area contributed by atoms with E-state index in [4.69, 9.17) is 10.00 Å². The number of hydrogen-bond acceptors (Lipinski definition) is 4. The van der Waals surface area contributed by atoms with Crippen LogP contribution < -0.4 is 0 Å². The van der Waals surface area contributed by atoms with Crippen molar-refractivity contribution in [2.24, 2.45) is 0 Å². The van der Waals surface area contributed by atoms with E-state index in [0.29, 0.717) is 6.61 Å². The summed E-state index contributed by atoms with van der Waals surface area (Å²) in [6.45, 7) is 5.70. The molecular weight excluding hydrogens is 192 g/mol. The highest BCUT2D eigenvalue weighted by atomic mass is 16.5. The van der Waals surface area contributed by atoms with Crippen molar-refractivity contribution in [2.45, 2.75) is 26.7 Å². The molecule has 0 aromatic heterocycles. The fraction of sp³-hybridized carbons (Fsp3) is 0.636. The Balaban J connectivity index is 2.82. The molecule has 0 radical (unpaired) electrons. The van der Waals surface area contributed by atoms with Crippen molar-refractivity contribution < 1.29 is 9.53 Å². The monoisotopic (exact) mass is 208 g/mol. The highest BCUT2D eigenvalue weighted by Gasteiger charge is 2.20. The maximum absolute atomic E-state index is 11.4. The van der Waals surface area contributed by atoms with Gasteiger partial charge in [0.25, 0.3) is 0 Å². The quantitative estimate of drug-likeness (QED) is 0.400. The Morgan fingerprint density at radius 3 is 2.53 bits per heavy atom. The maximum atomic E-state index is 11.4. The standard InChI is InChI=1S/C11H16N2O2/c1-3-15-11(14)10(8-12)9(2)13-6-4-5-7-13/h3-7H2,1-2H3/b10-9+. The van der Waals surface area contributed by atoms with Crippen LogP contribution in [-0.2, 0) is 9.53 Å². The predicted molar refractivity (Wildman–Crippen MR) is 55.8 cm³/mol. The Labute approximate surface area is 90.1 Å². The molecule has 0 N–H and O–H groups in total. The third-order valence-corrected chi connectivity index (χ3v) is 2.53. The molecule has 82 valence electrons. The Bertz CT molecular complexity index is 309. The van der Waals surface area contributed by atoms with Crippen LogP contribution in [0.5, 0.6) is 0 Å². The van der Waals surface area contributed by atoms with Crippen LogP contribution in [0.1, 0.15) is 26.7 Å². The van der Waals surface area contributed by atoms with Crippen LogP contribution in [-0.4, -0.2) is 30.6 Å². The van der Waals surface area contributed by atoms with E-state index in [1.807, 2.05) is 6.07 Å². The van der Waals surface area contributed by atoms with Gasteiger partial charge in [0.1, 0.15) is 6.07 Å². The Kier molecular flexibility index (Phi) is 4.17. The average Bonchev–Trinajstić information content (AvgIpc) is 2.71. The van der Waals surface area contributed by atoms with E-state index in [0.717, 1.165) is 31.6 Å². The second kappa shape index (κ2) is 5.40. The Morgan fingerprint density at radius 1 is 1.47 bits per heavy atom. The molecule has 1 fully saturated rings. The lowest BCUT2D eigenvalue weighted by molar-refractivity contribution is -0.138. The van der Waals surface area contributed by atoms with Crippen LogP contribution in [0.4, 0.5) is 0 Å². The van der Waals surface area contributed by atoms with Gasteiger partial charge in [-0.15, -0.1) is 0 Å². The van der Waals surface area contributed by atoms with E-state index in [1.165, 1.54) is 0 Å². The summed E-state index contributed by atoms with van der Waals surface area (Å²) in [5.74, 6) is -0.510. The lowest BCUT2D eigenvalue weighted by atomic mass is 10.2. The molecule has 1 aliphatic heterocycles. The van der Waals surface area contributed by atoms with Gasteiger partial charge in [-0.05, 0) is 26.7 Å². The zero-order valence-electron chi connectivity index (χ0n) is 9.25. The lowest BCUT2D eigenvalue weighted by Crippen LogP contribution is -2.21. The highest BCUT2D eigenvalue weighted by Crippen LogP contribution is 2.17. The maximum Gasteiger partial charge on any atom is 0.350 e. The summed E-state index contributed by atoms with van der Waals surface area (Å²) in [5.41, 5.74) is 0.882. The summed E-state index contributed by atoms with van der Waals surface area (Å²) in [6, 6.07) is 1.93. The van der Waals surface area contributed by atoms with Gasteiger partial charge in [-0.25, -0.2) is 4.79 Å². The molecule has 0 aromatic rings. The molecule has 1 heterocycles. The van der Waals surface area contributed by atoms with Crippen molar-refractivity contribution in [3.63, 3.8) is 0 Å². The molecule has 0 amide bonds. The van der Waals surface area contributed by atoms with E-state index in [1.54, 1.807) is 13.8 Å². The number of likely N-dealkylation sites (tertiary alicyclic amines) is 1. The van der Waals surface area contributed by atoms with E-state index in [9.17, 15) is 4.79 Å². The van der Waals surface area contributed by atoms with Gasteiger partial charge in [0.05, 0.1) is 6.61 Å². The number of esters is 1. The van der Waals surface area contributed by atoms with Gasteiger partial charge >= 0.3 is 5.97 Å². The van der Waals surface area contributed by atoms with Gasteiger partial charge in [-0.2, -0.15) is 5.26 Å². The van der Waals surface area contributed by atoms with Gasteiger partial charge in [0.15, 0.2) is 5.57 Å². The van der Waals surface area contributed by atoms with Crippen molar-refractivity contribution in [3.8, 4) is 6.07 Å². The zero-order chi connectivity index (χ0) is 11.3. The fourth-order valence-corrected chi connectivity index (χ4v) is 1.69. The summed E-state index contributed by atoms with van der Waals surface area (Å²) >= 11 is 0. The van der Waals surface area contributed by atoms with Crippen LogP contribution in [0.15, 0.2) is 11.3 Å².